The van der Waals surface area contributed by atoms with Gasteiger partial charge in [0.1, 0.15) is 5.75 Å². The molecule has 1 aliphatic rings. The monoisotopic (exact) mass is 233 g/mol. The maximum atomic E-state index is 9.80. The Bertz CT molecular complexity index is 406. The number of piperidine rings is 1. The van der Waals surface area contributed by atoms with E-state index < -0.39 is 0 Å². The molecule has 0 bridgehead atoms. The van der Waals surface area contributed by atoms with Crippen LogP contribution >= 0.6 is 0 Å². The van der Waals surface area contributed by atoms with Crippen molar-refractivity contribution in [1.82, 2.24) is 5.32 Å². The van der Waals surface area contributed by atoms with Crippen molar-refractivity contribution >= 4 is 0 Å². The molecule has 17 heavy (non-hydrogen) atoms. The molecule has 0 aliphatic carbocycles. The van der Waals surface area contributed by atoms with Crippen molar-refractivity contribution < 1.29 is 5.11 Å². The molecule has 2 rings (SSSR count). The summed E-state index contributed by atoms with van der Waals surface area (Å²) in [6.07, 6.45) is 3.72. The Kier molecular flexibility index (Phi) is 3.72. The Morgan fingerprint density at radius 2 is 1.82 bits per heavy atom. The van der Waals surface area contributed by atoms with Gasteiger partial charge in [-0.25, -0.2) is 0 Å². The maximum Gasteiger partial charge on any atom is 0.119 e. The summed E-state index contributed by atoms with van der Waals surface area (Å²) in [5.74, 6) is 1.24. The minimum absolute atomic E-state index is 0.439. The normalized spacial score (nSPS) is 17.4. The zero-order valence-electron chi connectivity index (χ0n) is 11.1. The van der Waals surface area contributed by atoms with Crippen LogP contribution in [-0.2, 0) is 6.42 Å². The molecule has 0 amide bonds. The van der Waals surface area contributed by atoms with Gasteiger partial charge in [0, 0.05) is 0 Å². The number of aryl methyl sites for hydroxylation is 1. The summed E-state index contributed by atoms with van der Waals surface area (Å²) in [6.45, 7) is 8.57. The van der Waals surface area contributed by atoms with Gasteiger partial charge in [0.15, 0.2) is 0 Å². The van der Waals surface area contributed by atoms with E-state index in [0.29, 0.717) is 5.75 Å². The molecule has 0 atom stereocenters. The van der Waals surface area contributed by atoms with Crippen molar-refractivity contribution in [2.75, 3.05) is 13.1 Å². The number of phenols is 1. The lowest BCUT2D eigenvalue weighted by Crippen LogP contribution is -2.29. The highest BCUT2D eigenvalue weighted by Gasteiger charge is 2.17. The van der Waals surface area contributed by atoms with Gasteiger partial charge < -0.3 is 10.4 Å². The lowest BCUT2D eigenvalue weighted by atomic mass is 9.86. The number of aromatic hydroxyl groups is 1. The van der Waals surface area contributed by atoms with E-state index >= 15 is 0 Å². The van der Waals surface area contributed by atoms with E-state index in [2.05, 4.69) is 19.2 Å². The molecular formula is C15H23NO. The number of hydrogen-bond donors (Lipinski definition) is 2. The molecule has 1 fully saturated rings. The molecule has 1 aromatic rings. The van der Waals surface area contributed by atoms with Gasteiger partial charge in [-0.05, 0) is 87.4 Å². The predicted molar refractivity (Wildman–Crippen MR) is 71.6 cm³/mol. The average Bonchev–Trinajstić information content (AvgIpc) is 2.33. The lowest BCUT2D eigenvalue weighted by molar-refractivity contribution is 0.371. The topological polar surface area (TPSA) is 32.3 Å². The van der Waals surface area contributed by atoms with Gasteiger partial charge >= 0.3 is 0 Å². The Labute approximate surface area is 104 Å². The third kappa shape index (κ3) is 2.63. The molecule has 0 radical (unpaired) electrons. The Balaban J connectivity index is 2.22. The highest BCUT2D eigenvalue weighted by atomic mass is 16.3. The third-order valence-electron chi connectivity index (χ3n) is 4.18. The van der Waals surface area contributed by atoms with Gasteiger partial charge in [-0.1, -0.05) is 0 Å². The molecule has 1 saturated heterocycles. The molecule has 1 aliphatic heterocycles. The fourth-order valence-corrected chi connectivity index (χ4v) is 2.80. The minimum atomic E-state index is 0.439. The van der Waals surface area contributed by atoms with Crippen LogP contribution in [0.25, 0.3) is 0 Å². The second-order valence-electron chi connectivity index (χ2n) is 5.34. The second kappa shape index (κ2) is 5.09. The van der Waals surface area contributed by atoms with Gasteiger partial charge in [-0.15, -0.1) is 0 Å². The van der Waals surface area contributed by atoms with Crippen LogP contribution in [0.1, 0.15) is 35.1 Å². The van der Waals surface area contributed by atoms with Gasteiger partial charge in [0.2, 0.25) is 0 Å². The molecule has 2 heteroatoms. The van der Waals surface area contributed by atoms with E-state index in [-0.39, 0.29) is 0 Å². The van der Waals surface area contributed by atoms with Crippen molar-refractivity contribution in [3.8, 4) is 5.75 Å². The summed E-state index contributed by atoms with van der Waals surface area (Å²) >= 11 is 0. The SMILES string of the molecule is Cc1cc(O)c(C)c(C)c1CC1CCNCC1. The second-order valence-corrected chi connectivity index (χ2v) is 5.34. The molecule has 0 spiro atoms. The number of hydrogen-bond acceptors (Lipinski definition) is 2. The van der Waals surface area contributed by atoms with Crippen LogP contribution in [0.3, 0.4) is 0 Å². The third-order valence-corrected chi connectivity index (χ3v) is 4.18. The molecule has 94 valence electrons. The fraction of sp³-hybridized carbons (Fsp3) is 0.600. The van der Waals surface area contributed by atoms with Crippen LogP contribution < -0.4 is 5.32 Å². The lowest BCUT2D eigenvalue weighted by Gasteiger charge is -2.24. The first-order valence-corrected chi connectivity index (χ1v) is 6.59. The van der Waals surface area contributed by atoms with Crippen LogP contribution in [-0.4, -0.2) is 18.2 Å². The largest absolute Gasteiger partial charge is 0.508 e. The smallest absolute Gasteiger partial charge is 0.119 e. The van der Waals surface area contributed by atoms with E-state index in [9.17, 15) is 5.11 Å². The summed E-state index contributed by atoms with van der Waals surface area (Å²) in [5, 5.41) is 13.2. The summed E-state index contributed by atoms with van der Waals surface area (Å²) in [7, 11) is 0. The predicted octanol–water partition coefficient (Wildman–Crippen LogP) is 2.86. The van der Waals surface area contributed by atoms with Gasteiger partial charge in [0.25, 0.3) is 0 Å². The van der Waals surface area contributed by atoms with E-state index in [4.69, 9.17) is 0 Å². The van der Waals surface area contributed by atoms with Crippen molar-refractivity contribution in [2.45, 2.75) is 40.0 Å². The first-order valence-electron chi connectivity index (χ1n) is 6.59. The molecule has 0 unspecified atom stereocenters. The summed E-state index contributed by atoms with van der Waals surface area (Å²) < 4.78 is 0. The Morgan fingerprint density at radius 3 is 2.47 bits per heavy atom. The first-order chi connectivity index (χ1) is 8.09. The molecule has 1 heterocycles. The molecule has 0 aromatic heterocycles. The molecule has 2 N–H and O–H groups in total. The van der Waals surface area contributed by atoms with Crippen molar-refractivity contribution in [3.05, 3.63) is 28.3 Å². The van der Waals surface area contributed by atoms with Crippen molar-refractivity contribution in [2.24, 2.45) is 5.92 Å². The molecular weight excluding hydrogens is 210 g/mol. The van der Waals surface area contributed by atoms with E-state index in [1.54, 1.807) is 0 Å². The standard InChI is InChI=1S/C15H23NO/c1-10-8-15(17)12(3)11(2)14(10)9-13-4-6-16-7-5-13/h8,13,16-17H,4-7,9H2,1-3H3. The van der Waals surface area contributed by atoms with E-state index in [0.717, 1.165) is 24.6 Å². The van der Waals surface area contributed by atoms with Crippen LogP contribution in [0.5, 0.6) is 5.75 Å². The Morgan fingerprint density at radius 1 is 1.18 bits per heavy atom. The van der Waals surface area contributed by atoms with Crippen LogP contribution in [0.2, 0.25) is 0 Å². The summed E-state index contributed by atoms with van der Waals surface area (Å²) in [5.41, 5.74) is 5.01. The van der Waals surface area contributed by atoms with Crippen molar-refractivity contribution in [1.29, 1.82) is 0 Å². The number of nitrogens with one attached hydrogen (secondary N) is 1. The number of phenolic OH excluding ortho intramolecular Hbond substituents is 1. The van der Waals surface area contributed by atoms with Gasteiger partial charge in [0.05, 0.1) is 0 Å². The Hall–Kier alpha value is -1.02. The van der Waals surface area contributed by atoms with Gasteiger partial charge in [-0.2, -0.15) is 0 Å². The van der Waals surface area contributed by atoms with Crippen LogP contribution in [0, 0.1) is 26.7 Å². The molecule has 1 aromatic carbocycles. The fourth-order valence-electron chi connectivity index (χ4n) is 2.80. The summed E-state index contributed by atoms with van der Waals surface area (Å²) in [4.78, 5) is 0. The summed E-state index contributed by atoms with van der Waals surface area (Å²) in [6, 6.07) is 1.92. The highest BCUT2D eigenvalue weighted by Crippen LogP contribution is 2.29. The van der Waals surface area contributed by atoms with E-state index in [1.807, 2.05) is 13.0 Å². The molecule has 2 nitrogen and oxygen atoms in total. The highest BCUT2D eigenvalue weighted by molar-refractivity contribution is 5.47. The van der Waals surface area contributed by atoms with Crippen molar-refractivity contribution in [3.63, 3.8) is 0 Å². The average molecular weight is 233 g/mol. The van der Waals surface area contributed by atoms with E-state index in [1.165, 1.54) is 36.0 Å². The van der Waals surface area contributed by atoms with Gasteiger partial charge in [-0.3, -0.25) is 0 Å². The first kappa shape index (κ1) is 12.4. The zero-order chi connectivity index (χ0) is 12.4. The van der Waals surface area contributed by atoms with Crippen LogP contribution in [0.4, 0.5) is 0 Å². The zero-order valence-corrected chi connectivity index (χ0v) is 11.1. The molecule has 0 saturated carbocycles. The minimum Gasteiger partial charge on any atom is -0.508 e. The maximum absolute atomic E-state index is 9.80. The quantitative estimate of drug-likeness (QED) is 0.823. The number of benzene rings is 1. The number of rotatable bonds is 2. The van der Waals surface area contributed by atoms with Crippen LogP contribution in [0.15, 0.2) is 6.07 Å².